The van der Waals surface area contributed by atoms with Crippen molar-refractivity contribution in [3.8, 4) is 0 Å². The molecule has 2 rings (SSSR count). The lowest BCUT2D eigenvalue weighted by atomic mass is 10.1. The van der Waals surface area contributed by atoms with E-state index in [0.717, 1.165) is 5.56 Å². The van der Waals surface area contributed by atoms with Gasteiger partial charge >= 0.3 is 0 Å². The van der Waals surface area contributed by atoms with E-state index >= 15 is 0 Å². The first-order valence-electron chi connectivity index (χ1n) is 5.75. The van der Waals surface area contributed by atoms with Crippen molar-refractivity contribution in [3.05, 3.63) is 59.7 Å². The van der Waals surface area contributed by atoms with Gasteiger partial charge in [-0.15, -0.1) is 0 Å². The molecule has 0 aliphatic rings. The quantitative estimate of drug-likeness (QED) is 0.673. The van der Waals surface area contributed by atoms with Crippen LogP contribution in [-0.2, 0) is 4.79 Å². The maximum atomic E-state index is 12.0. The van der Waals surface area contributed by atoms with Crippen LogP contribution in [0, 0.1) is 6.92 Å². The summed E-state index contributed by atoms with van der Waals surface area (Å²) in [5.74, 6) is -0.202. The van der Waals surface area contributed by atoms with Crippen molar-refractivity contribution in [2.24, 2.45) is 4.99 Å². The van der Waals surface area contributed by atoms with Gasteiger partial charge in [-0.25, -0.2) is 4.79 Å². The lowest BCUT2D eigenvalue weighted by Gasteiger charge is -2.05. The number of aryl methyl sites for hydroxylation is 1. The summed E-state index contributed by atoms with van der Waals surface area (Å²) in [6.07, 6.45) is 1.46. The molecule has 0 fully saturated rings. The minimum atomic E-state index is -0.202. The Labute approximate surface area is 110 Å². The van der Waals surface area contributed by atoms with Crippen LogP contribution in [0.25, 0.3) is 0 Å². The molecule has 0 atom stereocenters. The van der Waals surface area contributed by atoms with Crippen LogP contribution in [0.4, 0.5) is 11.4 Å². The molecule has 1 N–H and O–H groups in total. The lowest BCUT2D eigenvalue weighted by Crippen LogP contribution is -2.11. The number of rotatable bonds is 3. The fourth-order valence-electron chi connectivity index (χ4n) is 1.61. The SMILES string of the molecule is Cc1ccc(C(=O)Nc2cccc(N=C=O)c2)cc1. The first-order valence-corrected chi connectivity index (χ1v) is 5.75. The van der Waals surface area contributed by atoms with Crippen LogP contribution in [0.1, 0.15) is 15.9 Å². The summed E-state index contributed by atoms with van der Waals surface area (Å²) in [5.41, 5.74) is 2.72. The van der Waals surface area contributed by atoms with Crippen molar-refractivity contribution in [2.75, 3.05) is 5.32 Å². The van der Waals surface area contributed by atoms with Crippen molar-refractivity contribution in [2.45, 2.75) is 6.92 Å². The van der Waals surface area contributed by atoms with Crippen LogP contribution < -0.4 is 5.32 Å². The molecule has 2 aromatic rings. The fraction of sp³-hybridized carbons (Fsp3) is 0.0667. The summed E-state index contributed by atoms with van der Waals surface area (Å²) in [6, 6.07) is 14.0. The Kier molecular flexibility index (Phi) is 3.86. The van der Waals surface area contributed by atoms with Crippen LogP contribution in [0.3, 0.4) is 0 Å². The van der Waals surface area contributed by atoms with Gasteiger partial charge in [0.15, 0.2) is 0 Å². The third kappa shape index (κ3) is 3.37. The number of aliphatic imine (C=N–C) groups is 1. The molecule has 0 aliphatic heterocycles. The van der Waals surface area contributed by atoms with E-state index in [4.69, 9.17) is 0 Å². The van der Waals surface area contributed by atoms with Crippen LogP contribution in [0.2, 0.25) is 0 Å². The average molecular weight is 252 g/mol. The van der Waals surface area contributed by atoms with E-state index in [1.165, 1.54) is 6.08 Å². The predicted molar refractivity (Wildman–Crippen MR) is 73.4 cm³/mol. The zero-order valence-corrected chi connectivity index (χ0v) is 10.4. The largest absolute Gasteiger partial charge is 0.322 e. The second-order valence-electron chi connectivity index (χ2n) is 4.07. The molecule has 4 nitrogen and oxygen atoms in total. The van der Waals surface area contributed by atoms with E-state index in [2.05, 4.69) is 10.3 Å². The molecule has 19 heavy (non-hydrogen) atoms. The summed E-state index contributed by atoms with van der Waals surface area (Å²) in [7, 11) is 0. The van der Waals surface area contributed by atoms with E-state index in [-0.39, 0.29) is 5.91 Å². The van der Waals surface area contributed by atoms with E-state index in [1.54, 1.807) is 36.4 Å². The molecule has 0 radical (unpaired) electrons. The number of hydrogen-bond donors (Lipinski definition) is 1. The number of benzene rings is 2. The minimum Gasteiger partial charge on any atom is -0.322 e. The molecule has 0 saturated carbocycles. The van der Waals surface area contributed by atoms with E-state index in [9.17, 15) is 9.59 Å². The monoisotopic (exact) mass is 252 g/mol. The normalized spacial score (nSPS) is 9.53. The Bertz CT molecular complexity index is 641. The first kappa shape index (κ1) is 12.7. The maximum Gasteiger partial charge on any atom is 0.255 e. The number of isocyanates is 1. The fourth-order valence-corrected chi connectivity index (χ4v) is 1.61. The highest BCUT2D eigenvalue weighted by Gasteiger charge is 2.05. The molecule has 0 aromatic heterocycles. The number of amides is 1. The summed E-state index contributed by atoms with van der Waals surface area (Å²) in [5, 5.41) is 2.75. The highest BCUT2D eigenvalue weighted by Crippen LogP contribution is 2.18. The first-order chi connectivity index (χ1) is 9.19. The topological polar surface area (TPSA) is 58.5 Å². The highest BCUT2D eigenvalue weighted by molar-refractivity contribution is 6.04. The van der Waals surface area contributed by atoms with Gasteiger partial charge in [-0.05, 0) is 37.3 Å². The second-order valence-corrected chi connectivity index (χ2v) is 4.07. The van der Waals surface area contributed by atoms with Gasteiger partial charge in [0.25, 0.3) is 5.91 Å². The van der Waals surface area contributed by atoms with Crippen molar-refractivity contribution < 1.29 is 9.59 Å². The van der Waals surface area contributed by atoms with Crippen LogP contribution in [0.5, 0.6) is 0 Å². The Balaban J connectivity index is 2.16. The summed E-state index contributed by atoms with van der Waals surface area (Å²) < 4.78 is 0. The van der Waals surface area contributed by atoms with E-state index < -0.39 is 0 Å². The second kappa shape index (κ2) is 5.76. The number of nitrogens with zero attached hydrogens (tertiary/aromatic N) is 1. The summed E-state index contributed by atoms with van der Waals surface area (Å²) in [6.45, 7) is 1.96. The van der Waals surface area contributed by atoms with Gasteiger partial charge < -0.3 is 5.32 Å². The maximum absolute atomic E-state index is 12.0. The molecular weight excluding hydrogens is 240 g/mol. The van der Waals surface area contributed by atoms with Gasteiger partial charge in [-0.1, -0.05) is 23.8 Å². The highest BCUT2D eigenvalue weighted by atomic mass is 16.1. The molecule has 0 saturated heterocycles. The van der Waals surface area contributed by atoms with Gasteiger partial charge in [0, 0.05) is 11.3 Å². The molecule has 2 aromatic carbocycles. The number of hydrogen-bond acceptors (Lipinski definition) is 3. The Morgan fingerprint density at radius 3 is 2.58 bits per heavy atom. The smallest absolute Gasteiger partial charge is 0.255 e. The van der Waals surface area contributed by atoms with Gasteiger partial charge in [0.2, 0.25) is 6.08 Å². The zero-order valence-electron chi connectivity index (χ0n) is 10.4. The number of nitrogens with one attached hydrogen (secondary N) is 1. The van der Waals surface area contributed by atoms with Crippen LogP contribution in [0.15, 0.2) is 53.5 Å². The van der Waals surface area contributed by atoms with Crippen LogP contribution in [-0.4, -0.2) is 12.0 Å². The summed E-state index contributed by atoms with van der Waals surface area (Å²) >= 11 is 0. The molecule has 0 aliphatic carbocycles. The molecule has 0 bridgehead atoms. The molecule has 1 amide bonds. The zero-order chi connectivity index (χ0) is 13.7. The van der Waals surface area contributed by atoms with Crippen molar-refractivity contribution >= 4 is 23.4 Å². The van der Waals surface area contributed by atoms with E-state index in [1.807, 2.05) is 19.1 Å². The van der Waals surface area contributed by atoms with Crippen molar-refractivity contribution in [1.82, 2.24) is 0 Å². The lowest BCUT2D eigenvalue weighted by molar-refractivity contribution is 0.102. The van der Waals surface area contributed by atoms with Crippen LogP contribution >= 0.6 is 0 Å². The molecule has 94 valence electrons. The third-order valence-corrected chi connectivity index (χ3v) is 2.59. The number of anilines is 1. The Hall–Kier alpha value is -2.71. The van der Waals surface area contributed by atoms with Gasteiger partial charge in [0.05, 0.1) is 5.69 Å². The molecule has 4 heteroatoms. The number of carbonyl (C=O) groups is 1. The van der Waals surface area contributed by atoms with Gasteiger partial charge in [-0.2, -0.15) is 4.99 Å². The molecule has 0 heterocycles. The molecule has 0 spiro atoms. The molecule has 0 unspecified atom stereocenters. The average Bonchev–Trinajstić information content (AvgIpc) is 2.40. The van der Waals surface area contributed by atoms with E-state index in [0.29, 0.717) is 16.9 Å². The predicted octanol–water partition coefficient (Wildman–Crippen LogP) is 3.21. The van der Waals surface area contributed by atoms with Gasteiger partial charge in [-0.3, -0.25) is 4.79 Å². The third-order valence-electron chi connectivity index (χ3n) is 2.59. The Morgan fingerprint density at radius 2 is 1.89 bits per heavy atom. The minimum absolute atomic E-state index is 0.202. The standard InChI is InChI=1S/C15H12N2O2/c1-11-5-7-12(8-6-11)15(19)17-14-4-2-3-13(9-14)16-10-18/h2-9H,1H3,(H,17,19). The Morgan fingerprint density at radius 1 is 1.16 bits per heavy atom. The number of carbonyl (C=O) groups excluding carboxylic acids is 2. The van der Waals surface area contributed by atoms with Crippen molar-refractivity contribution in [1.29, 1.82) is 0 Å². The van der Waals surface area contributed by atoms with Gasteiger partial charge in [0.1, 0.15) is 0 Å². The molecular formula is C15H12N2O2. The van der Waals surface area contributed by atoms with Crippen molar-refractivity contribution in [3.63, 3.8) is 0 Å². The summed E-state index contributed by atoms with van der Waals surface area (Å²) in [4.78, 5) is 25.7.